The van der Waals surface area contributed by atoms with E-state index < -0.39 is 6.10 Å². The number of nitrogens with zero attached hydrogens (tertiary/aromatic N) is 3. The molecule has 0 aromatic carbocycles. The van der Waals surface area contributed by atoms with Gasteiger partial charge in [0.15, 0.2) is 0 Å². The van der Waals surface area contributed by atoms with Gasteiger partial charge in [0.1, 0.15) is 5.00 Å². The lowest BCUT2D eigenvalue weighted by Crippen LogP contribution is -2.24. The van der Waals surface area contributed by atoms with Crippen molar-refractivity contribution in [2.45, 2.75) is 12.5 Å². The lowest BCUT2D eigenvalue weighted by molar-refractivity contribution is -0.117. The molecule has 1 aliphatic heterocycles. The third kappa shape index (κ3) is 1.19. The van der Waals surface area contributed by atoms with Crippen LogP contribution in [-0.2, 0) is 4.79 Å². The number of β-amino-alcohol motifs (C(OH)–C–C–N with tert-alkyl or cyclic N) is 1. The van der Waals surface area contributed by atoms with Gasteiger partial charge in [-0.25, -0.2) is 0 Å². The Morgan fingerprint density at radius 3 is 3.08 bits per heavy atom. The maximum absolute atomic E-state index is 11.2. The van der Waals surface area contributed by atoms with E-state index in [1.807, 2.05) is 0 Å². The Balaban J connectivity index is 2.21. The Morgan fingerprint density at radius 1 is 1.75 bits per heavy atom. The van der Waals surface area contributed by atoms with Crippen LogP contribution in [0.15, 0.2) is 6.20 Å². The number of amides is 1. The van der Waals surface area contributed by atoms with E-state index in [1.54, 1.807) is 0 Å². The Labute approximate surface area is 72.8 Å². The van der Waals surface area contributed by atoms with Gasteiger partial charge in [0.25, 0.3) is 0 Å². The first kappa shape index (κ1) is 7.63. The summed E-state index contributed by atoms with van der Waals surface area (Å²) < 4.78 is 3.64. The second-order valence-corrected chi connectivity index (χ2v) is 3.38. The van der Waals surface area contributed by atoms with Gasteiger partial charge in [0.05, 0.1) is 25.3 Å². The van der Waals surface area contributed by atoms with E-state index >= 15 is 0 Å². The van der Waals surface area contributed by atoms with Gasteiger partial charge in [0, 0.05) is 11.5 Å². The van der Waals surface area contributed by atoms with Crippen molar-refractivity contribution in [3.05, 3.63) is 6.20 Å². The summed E-state index contributed by atoms with van der Waals surface area (Å²) in [6.07, 6.45) is 1.19. The summed E-state index contributed by atoms with van der Waals surface area (Å²) in [5.74, 6) is -0.0615. The molecule has 1 N–H and O–H groups in total. The van der Waals surface area contributed by atoms with Gasteiger partial charge >= 0.3 is 0 Å². The molecule has 0 radical (unpaired) electrons. The van der Waals surface area contributed by atoms with E-state index in [-0.39, 0.29) is 12.3 Å². The highest BCUT2D eigenvalue weighted by Crippen LogP contribution is 2.23. The van der Waals surface area contributed by atoms with Crippen molar-refractivity contribution in [1.82, 2.24) is 9.59 Å². The van der Waals surface area contributed by atoms with Crippen LogP contribution < -0.4 is 4.90 Å². The third-order valence-electron chi connectivity index (χ3n) is 1.72. The molecule has 1 aromatic rings. The molecule has 1 saturated heterocycles. The number of aliphatic hydroxyl groups excluding tert-OH is 1. The van der Waals surface area contributed by atoms with Crippen LogP contribution in [0.4, 0.5) is 5.00 Å². The summed E-state index contributed by atoms with van der Waals surface area (Å²) >= 11 is 1.16. The van der Waals surface area contributed by atoms with Crippen molar-refractivity contribution in [2.75, 3.05) is 11.4 Å². The summed E-state index contributed by atoms with van der Waals surface area (Å²) in [7, 11) is 0. The number of aliphatic hydroxyl groups is 1. The topological polar surface area (TPSA) is 66.3 Å². The average molecular weight is 185 g/mol. The Bertz CT molecular complexity index is 287. The van der Waals surface area contributed by atoms with Crippen LogP contribution in [0.2, 0.25) is 0 Å². The van der Waals surface area contributed by atoms with Crippen molar-refractivity contribution in [2.24, 2.45) is 0 Å². The Morgan fingerprint density at radius 2 is 2.58 bits per heavy atom. The number of hydrogen-bond donors (Lipinski definition) is 1. The molecule has 1 amide bonds. The van der Waals surface area contributed by atoms with E-state index in [2.05, 4.69) is 9.59 Å². The van der Waals surface area contributed by atoms with Gasteiger partial charge in [-0.05, 0) is 0 Å². The van der Waals surface area contributed by atoms with Gasteiger partial charge in [-0.1, -0.05) is 4.49 Å². The zero-order valence-electron chi connectivity index (χ0n) is 6.17. The Kier molecular flexibility index (Phi) is 1.78. The highest BCUT2D eigenvalue weighted by Gasteiger charge is 2.29. The van der Waals surface area contributed by atoms with E-state index in [0.717, 1.165) is 11.5 Å². The molecule has 2 rings (SSSR count). The van der Waals surface area contributed by atoms with Crippen molar-refractivity contribution in [3.63, 3.8) is 0 Å². The number of anilines is 1. The summed E-state index contributed by atoms with van der Waals surface area (Å²) in [5.41, 5.74) is 0. The SMILES string of the molecule is O=C1CC(O)CN1c1cnns1. The fraction of sp³-hybridized carbons (Fsp3) is 0.500. The first-order valence-corrected chi connectivity index (χ1v) is 4.30. The molecule has 1 unspecified atom stereocenters. The summed E-state index contributed by atoms with van der Waals surface area (Å²) in [6, 6.07) is 0. The van der Waals surface area contributed by atoms with E-state index in [9.17, 15) is 9.90 Å². The fourth-order valence-electron chi connectivity index (χ4n) is 1.18. The highest BCUT2D eigenvalue weighted by molar-refractivity contribution is 7.10. The van der Waals surface area contributed by atoms with Gasteiger partial charge in [-0.3, -0.25) is 9.69 Å². The number of carbonyl (C=O) groups excluding carboxylic acids is 1. The molecule has 1 fully saturated rings. The van der Waals surface area contributed by atoms with Crippen molar-refractivity contribution in [1.29, 1.82) is 0 Å². The third-order valence-corrected chi connectivity index (χ3v) is 2.41. The molecule has 2 heterocycles. The average Bonchev–Trinajstić information content (AvgIpc) is 2.58. The number of carbonyl (C=O) groups is 1. The molecule has 0 saturated carbocycles. The Hall–Kier alpha value is -1.01. The molecule has 0 aliphatic carbocycles. The highest BCUT2D eigenvalue weighted by atomic mass is 32.1. The molecule has 5 nitrogen and oxygen atoms in total. The zero-order chi connectivity index (χ0) is 8.55. The van der Waals surface area contributed by atoms with Gasteiger partial charge in [-0.2, -0.15) is 0 Å². The monoisotopic (exact) mass is 185 g/mol. The molecule has 6 heteroatoms. The van der Waals surface area contributed by atoms with Crippen LogP contribution in [0.3, 0.4) is 0 Å². The second-order valence-electron chi connectivity index (χ2n) is 2.62. The van der Waals surface area contributed by atoms with Gasteiger partial charge in [0.2, 0.25) is 5.91 Å². The van der Waals surface area contributed by atoms with Crippen LogP contribution in [0.5, 0.6) is 0 Å². The van der Waals surface area contributed by atoms with E-state index in [4.69, 9.17) is 0 Å². The van der Waals surface area contributed by atoms with Crippen molar-refractivity contribution < 1.29 is 9.90 Å². The van der Waals surface area contributed by atoms with E-state index in [0.29, 0.717) is 11.5 Å². The van der Waals surface area contributed by atoms with Crippen molar-refractivity contribution >= 4 is 22.4 Å². The lowest BCUT2D eigenvalue weighted by atomic mass is 10.3. The van der Waals surface area contributed by atoms with Crippen LogP contribution >= 0.6 is 11.5 Å². The maximum atomic E-state index is 11.2. The molecular formula is C6H7N3O2S. The number of hydrogen-bond acceptors (Lipinski definition) is 5. The summed E-state index contributed by atoms with van der Waals surface area (Å²) in [5, 5.41) is 13.5. The zero-order valence-corrected chi connectivity index (χ0v) is 6.99. The predicted octanol–water partition coefficient (Wildman–Crippen LogP) is -0.364. The number of rotatable bonds is 1. The summed E-state index contributed by atoms with van der Waals surface area (Å²) in [4.78, 5) is 12.7. The van der Waals surface area contributed by atoms with Gasteiger partial charge in [-0.15, -0.1) is 5.10 Å². The molecule has 0 spiro atoms. The quantitative estimate of drug-likeness (QED) is 0.648. The molecular weight excluding hydrogens is 178 g/mol. The normalized spacial score (nSPS) is 23.6. The smallest absolute Gasteiger partial charge is 0.230 e. The molecule has 1 aromatic heterocycles. The lowest BCUT2D eigenvalue weighted by Gasteiger charge is -2.10. The van der Waals surface area contributed by atoms with Crippen LogP contribution in [-0.4, -0.2) is 33.2 Å². The minimum Gasteiger partial charge on any atom is -0.391 e. The first-order valence-electron chi connectivity index (χ1n) is 3.53. The molecule has 64 valence electrons. The van der Waals surface area contributed by atoms with Crippen molar-refractivity contribution in [3.8, 4) is 0 Å². The predicted molar refractivity (Wildman–Crippen MR) is 42.9 cm³/mol. The maximum Gasteiger partial charge on any atom is 0.230 e. The fourth-order valence-corrected chi connectivity index (χ4v) is 1.73. The van der Waals surface area contributed by atoms with E-state index in [1.165, 1.54) is 11.1 Å². The largest absolute Gasteiger partial charge is 0.391 e. The standard InChI is InChI=1S/C6H7N3O2S/c10-4-1-5(11)9(3-4)6-2-7-8-12-6/h2,4,10H,1,3H2. The molecule has 12 heavy (non-hydrogen) atoms. The van der Waals surface area contributed by atoms with Gasteiger partial charge < -0.3 is 5.11 Å². The molecule has 1 aliphatic rings. The van der Waals surface area contributed by atoms with Crippen LogP contribution in [0.25, 0.3) is 0 Å². The van der Waals surface area contributed by atoms with Crippen LogP contribution in [0, 0.1) is 0 Å². The molecule has 1 atom stereocenters. The first-order chi connectivity index (χ1) is 5.77. The summed E-state index contributed by atoms with van der Waals surface area (Å²) in [6.45, 7) is 0.364. The molecule has 0 bridgehead atoms. The minimum absolute atomic E-state index is 0.0615. The van der Waals surface area contributed by atoms with Crippen LogP contribution in [0.1, 0.15) is 6.42 Å². The minimum atomic E-state index is -0.542. The number of aromatic nitrogens is 2. The second kappa shape index (κ2) is 2.80.